The van der Waals surface area contributed by atoms with Gasteiger partial charge in [0, 0.05) is 18.6 Å². The van der Waals surface area contributed by atoms with Crippen molar-refractivity contribution in [2.45, 2.75) is 153 Å². The Bertz CT molecular complexity index is 915. The van der Waals surface area contributed by atoms with E-state index in [9.17, 15) is 4.79 Å². The van der Waals surface area contributed by atoms with Crippen LogP contribution in [0.2, 0.25) is 0 Å². The molecule has 4 aliphatic rings. The topological polar surface area (TPSA) is 116 Å². The maximum atomic E-state index is 15.1. The Labute approximate surface area is 225 Å². The van der Waals surface area contributed by atoms with Gasteiger partial charge in [-0.05, 0) is 68.1 Å². The molecule has 4 atom stereocenters. The Kier molecular flexibility index (Phi) is 8.20. The number of esters is 1. The van der Waals surface area contributed by atoms with Crippen LogP contribution in [0.4, 0.5) is 0 Å². The number of carbonyl (C=O) groups excluding carboxylic acids is 1. The van der Waals surface area contributed by atoms with Crippen molar-refractivity contribution in [3.63, 3.8) is 0 Å². The summed E-state index contributed by atoms with van der Waals surface area (Å²) >= 11 is 0. The van der Waals surface area contributed by atoms with Crippen molar-refractivity contribution in [2.75, 3.05) is 6.54 Å². The van der Waals surface area contributed by atoms with Crippen molar-refractivity contribution in [3.05, 3.63) is 0 Å². The molecule has 0 amide bonds. The second-order valence-electron chi connectivity index (χ2n) is 14.5. The highest BCUT2D eigenvalue weighted by Crippen LogP contribution is 2.65. The number of carbonyl (C=O) groups is 1. The molecule has 0 aromatic heterocycles. The minimum atomic E-state index is -3.78. The lowest BCUT2D eigenvalue weighted by atomic mass is 9.79. The molecule has 2 bridgehead atoms. The molecule has 4 rings (SSSR count). The van der Waals surface area contributed by atoms with E-state index in [1.807, 2.05) is 25.1 Å². The summed E-state index contributed by atoms with van der Waals surface area (Å²) < 4.78 is 37.4. The van der Waals surface area contributed by atoms with E-state index >= 15 is 8.42 Å². The van der Waals surface area contributed by atoms with Crippen LogP contribution in [0.1, 0.15) is 125 Å². The summed E-state index contributed by atoms with van der Waals surface area (Å²) in [4.78, 5) is 13.6. The minimum absolute atomic E-state index is 0.0291. The highest BCUT2D eigenvalue weighted by molar-refractivity contribution is 7.90. The first-order valence-corrected chi connectivity index (χ1v) is 16.4. The molecule has 0 aliphatic heterocycles. The molecule has 214 valence electrons. The standard InChI is InChI=1S/C29H53N3O4S/c1-26(2,3)19-28(31,20-30)25(33)36-24-18-21-16-17-29(24,27(21,4)5)37(34,35)32(22-12-8-6-9-13-22)23-14-10-7-11-15-23/h21-24H,6-20,30-31H2,1-5H3/t21-,24-,28-,29-/m1/s1. The van der Waals surface area contributed by atoms with Gasteiger partial charge in [-0.15, -0.1) is 0 Å². The molecule has 0 aromatic carbocycles. The monoisotopic (exact) mass is 539 g/mol. The van der Waals surface area contributed by atoms with Crippen molar-refractivity contribution < 1.29 is 17.9 Å². The molecule has 37 heavy (non-hydrogen) atoms. The van der Waals surface area contributed by atoms with Crippen molar-refractivity contribution in [3.8, 4) is 0 Å². The summed E-state index contributed by atoms with van der Waals surface area (Å²) in [5.74, 6) is -0.345. The predicted octanol–water partition coefficient (Wildman–Crippen LogP) is 4.87. The first-order chi connectivity index (χ1) is 17.2. The first-order valence-electron chi connectivity index (χ1n) is 14.9. The zero-order chi connectivity index (χ0) is 27.3. The Balaban J connectivity index is 1.73. The lowest BCUT2D eigenvalue weighted by molar-refractivity contribution is -0.158. The number of hydrogen-bond donors (Lipinski definition) is 2. The number of nitrogens with zero attached hydrogens (tertiary/aromatic N) is 1. The van der Waals surface area contributed by atoms with Gasteiger partial charge in [-0.25, -0.2) is 13.2 Å². The first kappa shape index (κ1) is 29.3. The second kappa shape index (κ2) is 10.4. The van der Waals surface area contributed by atoms with Crippen LogP contribution in [-0.2, 0) is 19.6 Å². The van der Waals surface area contributed by atoms with E-state index in [0.717, 1.165) is 57.8 Å². The van der Waals surface area contributed by atoms with Crippen LogP contribution in [0.5, 0.6) is 0 Å². The average molecular weight is 540 g/mol. The van der Waals surface area contributed by atoms with Gasteiger partial charge in [0.15, 0.2) is 0 Å². The predicted molar refractivity (Wildman–Crippen MR) is 148 cm³/mol. The molecule has 0 saturated heterocycles. The van der Waals surface area contributed by atoms with Crippen LogP contribution in [0.15, 0.2) is 0 Å². The van der Waals surface area contributed by atoms with E-state index in [-0.39, 0.29) is 30.0 Å². The lowest BCUT2D eigenvalue weighted by Gasteiger charge is -2.49. The maximum absolute atomic E-state index is 15.1. The van der Waals surface area contributed by atoms with Crippen LogP contribution in [0.25, 0.3) is 0 Å². The summed E-state index contributed by atoms with van der Waals surface area (Å²) in [6.07, 6.45) is 12.1. The van der Waals surface area contributed by atoms with Crippen molar-refractivity contribution in [2.24, 2.45) is 28.2 Å². The fourth-order valence-electron chi connectivity index (χ4n) is 8.60. The van der Waals surface area contributed by atoms with Crippen LogP contribution in [0.3, 0.4) is 0 Å². The average Bonchev–Trinajstić information content (AvgIpc) is 3.22. The molecule has 8 heteroatoms. The van der Waals surface area contributed by atoms with Gasteiger partial charge in [0.1, 0.15) is 16.4 Å². The molecule has 4 aliphatic carbocycles. The molecule has 0 heterocycles. The van der Waals surface area contributed by atoms with Gasteiger partial charge in [-0.2, -0.15) is 4.31 Å². The highest BCUT2D eigenvalue weighted by Gasteiger charge is 2.74. The molecule has 0 spiro atoms. The van der Waals surface area contributed by atoms with Gasteiger partial charge >= 0.3 is 5.97 Å². The number of sulfonamides is 1. The van der Waals surface area contributed by atoms with Gasteiger partial charge in [-0.3, -0.25) is 0 Å². The van der Waals surface area contributed by atoms with E-state index in [1.54, 1.807) is 0 Å². The zero-order valence-electron chi connectivity index (χ0n) is 24.1. The third-order valence-electron chi connectivity index (χ3n) is 10.5. The van der Waals surface area contributed by atoms with Crippen molar-refractivity contribution in [1.82, 2.24) is 4.31 Å². The van der Waals surface area contributed by atoms with E-state index in [2.05, 4.69) is 13.8 Å². The summed E-state index contributed by atoms with van der Waals surface area (Å²) in [5, 5.41) is 0. The summed E-state index contributed by atoms with van der Waals surface area (Å²) in [5.41, 5.74) is 10.6. The third kappa shape index (κ3) is 5.02. The summed E-state index contributed by atoms with van der Waals surface area (Å²) in [7, 11) is -3.78. The highest BCUT2D eigenvalue weighted by atomic mass is 32.2. The summed E-state index contributed by atoms with van der Waals surface area (Å²) in [6, 6.07) is 0.114. The minimum Gasteiger partial charge on any atom is -0.459 e. The molecule has 4 N–H and O–H groups in total. The Morgan fingerprint density at radius 2 is 1.46 bits per heavy atom. The molecule has 7 nitrogen and oxygen atoms in total. The number of rotatable bonds is 8. The largest absolute Gasteiger partial charge is 0.459 e. The maximum Gasteiger partial charge on any atom is 0.327 e. The van der Waals surface area contributed by atoms with Gasteiger partial charge in [0.05, 0.1) is 0 Å². The van der Waals surface area contributed by atoms with Crippen LogP contribution < -0.4 is 11.5 Å². The molecule has 4 saturated carbocycles. The SMILES string of the molecule is CC(C)(C)C[C@@](N)(CN)C(=O)O[C@@H]1C[C@H]2CC[C@]1(S(=O)(=O)N(C1CCCCC1)C1CCCCC1)C2(C)C. The Morgan fingerprint density at radius 3 is 1.89 bits per heavy atom. The van der Waals surface area contributed by atoms with E-state index in [0.29, 0.717) is 19.3 Å². The van der Waals surface area contributed by atoms with E-state index in [1.165, 1.54) is 12.8 Å². The molecular weight excluding hydrogens is 486 g/mol. The summed E-state index contributed by atoms with van der Waals surface area (Å²) in [6.45, 7) is 10.2. The van der Waals surface area contributed by atoms with E-state index < -0.39 is 37.8 Å². The normalized spacial score (nSPS) is 33.0. The molecule has 4 fully saturated rings. The zero-order valence-corrected chi connectivity index (χ0v) is 24.9. The number of nitrogens with two attached hydrogens (primary N) is 2. The van der Waals surface area contributed by atoms with E-state index in [4.69, 9.17) is 16.2 Å². The number of ether oxygens (including phenoxy) is 1. The van der Waals surface area contributed by atoms with Crippen molar-refractivity contribution in [1.29, 1.82) is 0 Å². The van der Waals surface area contributed by atoms with Crippen molar-refractivity contribution >= 4 is 16.0 Å². The van der Waals surface area contributed by atoms with Gasteiger partial charge in [0.25, 0.3) is 0 Å². The van der Waals surface area contributed by atoms with Gasteiger partial charge in [-0.1, -0.05) is 73.1 Å². The Hall–Kier alpha value is -0.700. The molecule has 0 unspecified atom stereocenters. The molecular formula is C29H53N3O4S. The third-order valence-corrected chi connectivity index (χ3v) is 13.5. The Morgan fingerprint density at radius 1 is 0.946 bits per heavy atom. The number of fused-ring (bicyclic) bond motifs is 2. The van der Waals surface area contributed by atoms with Crippen LogP contribution in [0, 0.1) is 16.7 Å². The molecule has 0 aromatic rings. The van der Waals surface area contributed by atoms with Crippen LogP contribution in [-0.4, -0.2) is 53.7 Å². The van der Waals surface area contributed by atoms with Crippen LogP contribution >= 0.6 is 0 Å². The molecule has 0 radical (unpaired) electrons. The second-order valence-corrected chi connectivity index (χ2v) is 16.6. The number of hydrogen-bond acceptors (Lipinski definition) is 6. The quantitative estimate of drug-likeness (QED) is 0.425. The lowest BCUT2D eigenvalue weighted by Crippen LogP contribution is -2.64. The smallest absolute Gasteiger partial charge is 0.327 e. The van der Waals surface area contributed by atoms with Gasteiger partial charge < -0.3 is 16.2 Å². The fourth-order valence-corrected chi connectivity index (χ4v) is 11.9. The van der Waals surface area contributed by atoms with Gasteiger partial charge in [0.2, 0.25) is 10.0 Å². The fraction of sp³-hybridized carbons (Fsp3) is 0.966.